The highest BCUT2D eigenvalue weighted by Gasteiger charge is 2.29. The van der Waals surface area contributed by atoms with Gasteiger partial charge in [-0.2, -0.15) is 0 Å². The van der Waals surface area contributed by atoms with E-state index in [2.05, 4.69) is 39.7 Å². The van der Waals surface area contributed by atoms with Crippen molar-refractivity contribution in [3.8, 4) is 0 Å². The first-order valence-electron chi connectivity index (χ1n) is 6.45. The van der Waals surface area contributed by atoms with E-state index < -0.39 is 0 Å². The van der Waals surface area contributed by atoms with Crippen molar-refractivity contribution in [3.63, 3.8) is 0 Å². The summed E-state index contributed by atoms with van der Waals surface area (Å²) in [6.07, 6.45) is 2.45. The molecule has 2 rings (SSSR count). The van der Waals surface area contributed by atoms with Gasteiger partial charge >= 0.3 is 0 Å². The molecule has 1 aliphatic carbocycles. The largest absolute Gasteiger partial charge is 0.370 e. The second kappa shape index (κ2) is 5.80. The minimum absolute atomic E-state index is 0.0118. The lowest BCUT2D eigenvalue weighted by Crippen LogP contribution is -2.16. The Kier molecular flexibility index (Phi) is 4.56. The van der Waals surface area contributed by atoms with Gasteiger partial charge in [-0.05, 0) is 41.6 Å². The molecule has 1 fully saturated rings. The first kappa shape index (κ1) is 14.2. The van der Waals surface area contributed by atoms with Gasteiger partial charge in [-0.25, -0.2) is 4.98 Å². The third-order valence-corrected chi connectivity index (χ3v) is 4.48. The molecule has 0 spiro atoms. The molecule has 0 aliphatic heterocycles. The van der Waals surface area contributed by atoms with Gasteiger partial charge in [0.05, 0.1) is 4.47 Å². The number of nitrogens with zero attached hydrogens (tertiary/aromatic N) is 1. The van der Waals surface area contributed by atoms with Crippen LogP contribution in [0.15, 0.2) is 4.47 Å². The van der Waals surface area contributed by atoms with E-state index in [4.69, 9.17) is 17.0 Å². The highest BCUT2D eigenvalue weighted by molar-refractivity contribution is 9.10. The van der Waals surface area contributed by atoms with Crippen LogP contribution < -0.4 is 0 Å². The molecule has 1 aromatic rings. The summed E-state index contributed by atoms with van der Waals surface area (Å²) in [4.78, 5) is 7.90. The number of nitrogens with one attached hydrogen (secondary N) is 1. The predicted octanol–water partition coefficient (Wildman–Crippen LogP) is 4.51. The van der Waals surface area contributed by atoms with Gasteiger partial charge in [0.2, 0.25) is 0 Å². The van der Waals surface area contributed by atoms with Crippen LogP contribution in [0.2, 0.25) is 0 Å². The summed E-state index contributed by atoms with van der Waals surface area (Å²) < 4.78 is 7.37. The van der Waals surface area contributed by atoms with Crippen LogP contribution in [0.1, 0.15) is 57.2 Å². The third kappa shape index (κ3) is 3.00. The zero-order valence-corrected chi connectivity index (χ0v) is 13.4. The van der Waals surface area contributed by atoms with Crippen molar-refractivity contribution >= 4 is 28.1 Å². The van der Waals surface area contributed by atoms with Crippen molar-refractivity contribution in [1.29, 1.82) is 0 Å². The number of rotatable bonds is 5. The number of hydrogen-bond donors (Lipinski definition) is 1. The quantitative estimate of drug-likeness (QED) is 0.807. The minimum atomic E-state index is -0.0118. The Morgan fingerprint density at radius 2 is 2.17 bits per heavy atom. The molecule has 0 radical (unpaired) electrons. The van der Waals surface area contributed by atoms with Crippen LogP contribution in [0.25, 0.3) is 0 Å². The number of ether oxygens (including phenoxy) is 1. The molecule has 0 amide bonds. The summed E-state index contributed by atoms with van der Waals surface area (Å²) in [6, 6.07) is 0. The fraction of sp³-hybridized carbons (Fsp3) is 0.692. The fourth-order valence-corrected chi connectivity index (χ4v) is 2.77. The smallest absolute Gasteiger partial charge is 0.144 e. The Bertz CT molecular complexity index is 482. The summed E-state index contributed by atoms with van der Waals surface area (Å²) in [5.41, 5.74) is 1.19. The maximum absolute atomic E-state index is 5.78. The van der Waals surface area contributed by atoms with Crippen LogP contribution in [-0.2, 0) is 4.74 Å². The molecule has 0 aromatic carbocycles. The molecule has 100 valence electrons. The Balaban J connectivity index is 2.40. The van der Waals surface area contributed by atoms with Gasteiger partial charge in [0.1, 0.15) is 16.6 Å². The van der Waals surface area contributed by atoms with Crippen LogP contribution in [0.4, 0.5) is 0 Å². The van der Waals surface area contributed by atoms with Crippen LogP contribution in [0.3, 0.4) is 0 Å². The van der Waals surface area contributed by atoms with Crippen LogP contribution in [-0.4, -0.2) is 16.6 Å². The van der Waals surface area contributed by atoms with Crippen molar-refractivity contribution in [2.24, 2.45) is 5.92 Å². The minimum Gasteiger partial charge on any atom is -0.370 e. The van der Waals surface area contributed by atoms with Crippen LogP contribution in [0.5, 0.6) is 0 Å². The lowest BCUT2D eigenvalue weighted by atomic mass is 10.1. The normalized spacial score (nSPS) is 17.2. The van der Waals surface area contributed by atoms with Crippen LogP contribution >= 0.6 is 28.1 Å². The Labute approximate surface area is 121 Å². The molecule has 0 saturated heterocycles. The maximum Gasteiger partial charge on any atom is 0.144 e. The molecular weight excluding hydrogens is 312 g/mol. The third-order valence-electron chi connectivity index (χ3n) is 3.12. The Morgan fingerprint density at radius 3 is 2.67 bits per heavy atom. The van der Waals surface area contributed by atoms with E-state index in [0.29, 0.717) is 23.1 Å². The van der Waals surface area contributed by atoms with Crippen molar-refractivity contribution < 1.29 is 4.74 Å². The van der Waals surface area contributed by atoms with E-state index in [1.54, 1.807) is 0 Å². The first-order valence-corrected chi connectivity index (χ1v) is 7.65. The molecule has 3 nitrogen and oxygen atoms in total. The molecular formula is C13H19BrN2OS. The van der Waals surface area contributed by atoms with E-state index in [9.17, 15) is 0 Å². The standard InChI is InChI=1S/C13H19BrN2OS/c1-4-17-11(7(2)3)12-15-10(8-5-6-8)9(14)13(18)16-12/h7-8,11H,4-6H2,1-3H3,(H,15,16,18). The molecule has 1 saturated carbocycles. The number of aromatic nitrogens is 2. The molecule has 0 bridgehead atoms. The topological polar surface area (TPSA) is 37.9 Å². The van der Waals surface area contributed by atoms with E-state index in [1.807, 2.05) is 6.92 Å². The number of aromatic amines is 1. The number of hydrogen-bond acceptors (Lipinski definition) is 3. The molecule has 1 aliphatic rings. The predicted molar refractivity (Wildman–Crippen MR) is 78.3 cm³/mol. The second-order valence-corrected chi connectivity index (χ2v) is 6.23. The van der Waals surface area contributed by atoms with Crippen molar-refractivity contribution in [3.05, 3.63) is 20.6 Å². The van der Waals surface area contributed by atoms with E-state index in [1.165, 1.54) is 18.5 Å². The zero-order valence-electron chi connectivity index (χ0n) is 11.0. The summed E-state index contributed by atoms with van der Waals surface area (Å²) in [5, 5.41) is 0. The van der Waals surface area contributed by atoms with E-state index in [0.717, 1.165) is 10.3 Å². The summed E-state index contributed by atoms with van der Waals surface area (Å²) in [7, 11) is 0. The van der Waals surface area contributed by atoms with Crippen molar-refractivity contribution in [2.45, 2.75) is 45.6 Å². The van der Waals surface area contributed by atoms with Gasteiger partial charge in [-0.1, -0.05) is 26.1 Å². The van der Waals surface area contributed by atoms with Gasteiger partial charge in [0.15, 0.2) is 0 Å². The monoisotopic (exact) mass is 330 g/mol. The lowest BCUT2D eigenvalue weighted by Gasteiger charge is -2.21. The SMILES string of the molecule is CCOC(c1nc(=S)c(Br)c(C2CC2)[nH]1)C(C)C. The van der Waals surface area contributed by atoms with Gasteiger partial charge in [-0.15, -0.1) is 0 Å². The fourth-order valence-electron chi connectivity index (χ4n) is 2.05. The second-order valence-electron chi connectivity index (χ2n) is 5.05. The summed E-state index contributed by atoms with van der Waals surface area (Å²) in [5.74, 6) is 1.84. The van der Waals surface area contributed by atoms with Crippen molar-refractivity contribution in [1.82, 2.24) is 9.97 Å². The van der Waals surface area contributed by atoms with Gasteiger partial charge in [0.25, 0.3) is 0 Å². The number of H-pyrrole nitrogens is 1. The maximum atomic E-state index is 5.78. The number of halogens is 1. The molecule has 1 N–H and O–H groups in total. The van der Waals surface area contributed by atoms with Gasteiger partial charge < -0.3 is 9.72 Å². The van der Waals surface area contributed by atoms with Gasteiger partial charge in [0, 0.05) is 18.2 Å². The molecule has 1 heterocycles. The van der Waals surface area contributed by atoms with Crippen LogP contribution in [0, 0.1) is 10.6 Å². The molecule has 5 heteroatoms. The first-order chi connectivity index (χ1) is 8.54. The van der Waals surface area contributed by atoms with E-state index >= 15 is 0 Å². The molecule has 18 heavy (non-hydrogen) atoms. The average Bonchev–Trinajstić information content (AvgIpc) is 3.13. The molecule has 1 aromatic heterocycles. The van der Waals surface area contributed by atoms with E-state index in [-0.39, 0.29) is 6.10 Å². The molecule has 1 atom stereocenters. The molecule has 1 unspecified atom stereocenters. The highest BCUT2D eigenvalue weighted by atomic mass is 79.9. The summed E-state index contributed by atoms with van der Waals surface area (Å²) in [6.45, 7) is 6.96. The summed E-state index contributed by atoms with van der Waals surface area (Å²) >= 11 is 8.87. The van der Waals surface area contributed by atoms with Crippen molar-refractivity contribution in [2.75, 3.05) is 6.61 Å². The Hall–Kier alpha value is -0.260. The zero-order chi connectivity index (χ0) is 13.3. The Morgan fingerprint density at radius 1 is 1.50 bits per heavy atom. The van der Waals surface area contributed by atoms with Gasteiger partial charge in [-0.3, -0.25) is 0 Å². The lowest BCUT2D eigenvalue weighted by molar-refractivity contribution is 0.0229. The highest BCUT2D eigenvalue weighted by Crippen LogP contribution is 2.42. The average molecular weight is 331 g/mol.